The molecule has 1 heterocycles. The molecule has 1 rings (SSSR count). The Kier molecular flexibility index (Phi) is 49.4. The maximum Gasteiger partial charge on any atom is 0.243 e. The molecule has 0 unspecified atom stereocenters. The van der Waals surface area contributed by atoms with Crippen molar-refractivity contribution in [3.05, 3.63) is 0 Å². The third-order valence-electron chi connectivity index (χ3n) is 20.0. The number of carbonyl (C=O) groups is 15. The van der Waals surface area contributed by atoms with Gasteiger partial charge < -0.3 is 102 Å². The molecule has 15 amide bonds. The third kappa shape index (κ3) is 39.4. The number of aliphatic hydroxyl groups excluding tert-OH is 2. The number of nitrogens with one attached hydrogen (secondary N) is 12. The standard InChI is InChI=1S/C75H137N17O17/c1-13-18-27-55(69(79)103)85-62(100)38-50(25-20-22-34-76)82-70(104)56(28-19-14-2)87-63(101)41-53(43-94)84-73(107)66(45(8)15-3)89-60(98)37-48(11)80-72(106)65(44(6)7)88-64(102)40-52(42-93)81-61(99)39-51(30-32-58(78)96)83-74(108)67(46(9)16-4)91-75(109)68(47(10)17-5)90-71(105)57(29-21-23-35-77)86-59(97)33-31-54-26-24-36-92(54)49(12)95/h44-48,50-57,65-68,93-94H,13-43,76-77H2,1-12H3,(H2,78,96)(H2,79,103)(H,80,106)(H,81,99)(H,82,104)(H,83,108)(H,84,107)(H,85,100)(H,86,97)(H,87,101)(H,88,102)(H,89,98)(H,90,105)(H,91,109)/t45-,46-,47-,48-,50-,51-,52+,53+,54-,55-,56-,57-,65-,66-,67-,68-/m0/s1. The minimum atomic E-state index is -1.23. The molecular weight excluding hydrogens is 1410 g/mol. The second-order valence-corrected chi connectivity index (χ2v) is 29.8. The van der Waals surface area contributed by atoms with Gasteiger partial charge in [-0.15, -0.1) is 0 Å². The molecule has 0 aromatic heterocycles. The number of nitrogens with two attached hydrogens (primary N) is 4. The van der Waals surface area contributed by atoms with Crippen molar-refractivity contribution in [3.63, 3.8) is 0 Å². The summed E-state index contributed by atoms with van der Waals surface area (Å²) in [4.78, 5) is 204. The first-order chi connectivity index (χ1) is 51.6. The van der Waals surface area contributed by atoms with Crippen LogP contribution in [-0.4, -0.2) is 215 Å². The van der Waals surface area contributed by atoms with Crippen molar-refractivity contribution in [2.45, 2.75) is 329 Å². The number of hydrogen-bond donors (Lipinski definition) is 18. The average Bonchev–Trinajstić information content (AvgIpc) is 1.02. The Morgan fingerprint density at radius 1 is 0.404 bits per heavy atom. The van der Waals surface area contributed by atoms with Gasteiger partial charge in [-0.1, -0.05) is 121 Å². The quantitative estimate of drug-likeness (QED) is 0.0349. The average molecular weight is 1550 g/mol. The van der Waals surface area contributed by atoms with E-state index in [4.69, 9.17) is 22.9 Å². The predicted molar refractivity (Wildman–Crippen MR) is 411 cm³/mol. The molecule has 34 nitrogen and oxygen atoms in total. The zero-order chi connectivity index (χ0) is 82.5. The Balaban J connectivity index is 3.15. The molecule has 624 valence electrons. The second-order valence-electron chi connectivity index (χ2n) is 29.8. The van der Waals surface area contributed by atoms with Crippen LogP contribution >= 0.6 is 0 Å². The zero-order valence-electron chi connectivity index (χ0n) is 67.0. The van der Waals surface area contributed by atoms with E-state index in [1.54, 1.807) is 53.4 Å². The van der Waals surface area contributed by atoms with Crippen LogP contribution in [0.3, 0.4) is 0 Å². The molecule has 16 atom stereocenters. The summed E-state index contributed by atoms with van der Waals surface area (Å²) in [7, 11) is 0. The van der Waals surface area contributed by atoms with Crippen LogP contribution < -0.4 is 86.7 Å². The molecule has 0 aromatic carbocycles. The van der Waals surface area contributed by atoms with Gasteiger partial charge in [0.05, 0.1) is 25.3 Å². The van der Waals surface area contributed by atoms with Crippen molar-refractivity contribution in [2.75, 3.05) is 32.8 Å². The number of unbranched alkanes of at least 4 members (excludes halogenated alkanes) is 4. The molecule has 109 heavy (non-hydrogen) atoms. The van der Waals surface area contributed by atoms with Crippen molar-refractivity contribution in [1.29, 1.82) is 0 Å². The van der Waals surface area contributed by atoms with E-state index < -0.39 is 211 Å². The molecular formula is C75H137N17O17. The summed E-state index contributed by atoms with van der Waals surface area (Å²) in [5.74, 6) is -11.2. The monoisotopic (exact) mass is 1550 g/mol. The van der Waals surface area contributed by atoms with Crippen LogP contribution in [0.25, 0.3) is 0 Å². The molecule has 22 N–H and O–H groups in total. The van der Waals surface area contributed by atoms with E-state index in [2.05, 4.69) is 63.8 Å². The number of primary amides is 2. The maximum absolute atomic E-state index is 14.4. The summed E-state index contributed by atoms with van der Waals surface area (Å²) >= 11 is 0. The summed E-state index contributed by atoms with van der Waals surface area (Å²) in [5.41, 5.74) is 22.5. The van der Waals surface area contributed by atoms with Gasteiger partial charge in [-0.05, 0) is 114 Å². The van der Waals surface area contributed by atoms with Crippen molar-refractivity contribution in [3.8, 4) is 0 Å². The number of nitrogens with zero attached hydrogens (tertiary/aromatic N) is 1. The highest BCUT2D eigenvalue weighted by molar-refractivity contribution is 5.96. The van der Waals surface area contributed by atoms with Gasteiger partial charge in [-0.3, -0.25) is 71.9 Å². The van der Waals surface area contributed by atoms with Crippen molar-refractivity contribution >= 4 is 88.6 Å². The largest absolute Gasteiger partial charge is 0.394 e. The van der Waals surface area contributed by atoms with E-state index in [-0.39, 0.29) is 56.9 Å². The number of likely N-dealkylation sites (tertiary alicyclic amines) is 1. The molecule has 1 fully saturated rings. The number of amides is 15. The van der Waals surface area contributed by atoms with Gasteiger partial charge in [0.2, 0.25) is 88.6 Å². The Morgan fingerprint density at radius 3 is 1.28 bits per heavy atom. The molecule has 0 aromatic rings. The highest BCUT2D eigenvalue weighted by Crippen LogP contribution is 2.22. The fourth-order valence-corrected chi connectivity index (χ4v) is 12.7. The lowest BCUT2D eigenvalue weighted by Crippen LogP contribution is -2.60. The Morgan fingerprint density at radius 2 is 0.789 bits per heavy atom. The highest BCUT2D eigenvalue weighted by atomic mass is 16.3. The van der Waals surface area contributed by atoms with Gasteiger partial charge in [-0.25, -0.2) is 0 Å². The Hall–Kier alpha value is -8.11. The molecule has 1 aliphatic heterocycles. The molecule has 1 aliphatic rings. The number of carbonyl (C=O) groups excluding carboxylic acids is 15. The van der Waals surface area contributed by atoms with Gasteiger partial charge in [0.15, 0.2) is 0 Å². The fraction of sp³-hybridized carbons (Fsp3) is 0.800. The molecule has 0 radical (unpaired) electrons. The topological polar surface area (TPSA) is 548 Å². The van der Waals surface area contributed by atoms with Gasteiger partial charge in [-0.2, -0.15) is 0 Å². The van der Waals surface area contributed by atoms with Crippen LogP contribution in [0.1, 0.15) is 250 Å². The third-order valence-corrected chi connectivity index (χ3v) is 20.0. The molecule has 0 spiro atoms. The Bertz CT molecular complexity index is 2890. The lowest BCUT2D eigenvalue weighted by molar-refractivity contribution is -0.135. The first-order valence-electron chi connectivity index (χ1n) is 39.6. The van der Waals surface area contributed by atoms with Crippen LogP contribution in [0, 0.1) is 23.7 Å². The molecule has 0 saturated carbocycles. The van der Waals surface area contributed by atoms with Crippen molar-refractivity contribution in [1.82, 2.24) is 68.7 Å². The molecule has 34 heteroatoms. The maximum atomic E-state index is 14.4. The van der Waals surface area contributed by atoms with Crippen LogP contribution in [-0.2, 0) is 71.9 Å². The molecule has 1 saturated heterocycles. The number of hydrogen-bond acceptors (Lipinski definition) is 19. The first-order valence-corrected chi connectivity index (χ1v) is 39.6. The lowest BCUT2D eigenvalue weighted by Gasteiger charge is -2.31. The zero-order valence-corrected chi connectivity index (χ0v) is 67.0. The van der Waals surface area contributed by atoms with Gasteiger partial charge in [0.1, 0.15) is 42.3 Å². The van der Waals surface area contributed by atoms with Gasteiger partial charge in [0.25, 0.3) is 0 Å². The highest BCUT2D eigenvalue weighted by Gasteiger charge is 2.38. The fourth-order valence-electron chi connectivity index (χ4n) is 12.7. The predicted octanol–water partition coefficient (Wildman–Crippen LogP) is -0.266. The summed E-state index contributed by atoms with van der Waals surface area (Å²) in [6, 6.07) is -12.9. The van der Waals surface area contributed by atoms with Crippen LogP contribution in [0.2, 0.25) is 0 Å². The lowest BCUT2D eigenvalue weighted by atomic mass is 9.94. The molecule has 0 bridgehead atoms. The smallest absolute Gasteiger partial charge is 0.243 e. The van der Waals surface area contributed by atoms with Crippen LogP contribution in [0.4, 0.5) is 0 Å². The van der Waals surface area contributed by atoms with Crippen molar-refractivity contribution in [2.24, 2.45) is 46.6 Å². The van der Waals surface area contributed by atoms with E-state index in [0.29, 0.717) is 103 Å². The Labute approximate surface area is 644 Å². The molecule has 0 aliphatic carbocycles. The summed E-state index contributed by atoms with van der Waals surface area (Å²) in [6.07, 6.45) is 6.95. The number of aliphatic hydroxyl groups is 2. The van der Waals surface area contributed by atoms with Crippen LogP contribution in [0.5, 0.6) is 0 Å². The van der Waals surface area contributed by atoms with E-state index in [1.807, 2.05) is 20.8 Å². The summed E-state index contributed by atoms with van der Waals surface area (Å²) in [6.45, 7) is 20.6. The van der Waals surface area contributed by atoms with Crippen LogP contribution in [0.15, 0.2) is 0 Å². The van der Waals surface area contributed by atoms with E-state index in [1.165, 1.54) is 13.8 Å². The SMILES string of the molecule is CCCC[C@H](NC(=O)C[C@H](CCCCN)NC(=O)[C@H](CCCC)NC(=O)C[C@H](CO)NC(=O)[C@@H](NC(=O)C[C@H](C)NC(=O)[C@@H](NC(=O)C[C@H](CO)NC(=O)C[C@H](CCC(N)=O)NC(=O)[C@@H](NC(=O)[C@@H](NC(=O)[C@H](CCCCN)NC(=O)CC[C@@H]1CCCN1C(C)=O)[C@@H](C)CC)[C@@H](C)CC)C(C)C)[C@@H](C)CC)C(N)=O. The van der Waals surface area contributed by atoms with E-state index >= 15 is 0 Å². The van der Waals surface area contributed by atoms with Gasteiger partial charge in [0, 0.05) is 82.6 Å². The number of rotatable bonds is 58. The minimum absolute atomic E-state index is 0.0664. The second kappa shape index (κ2) is 54.5. The summed E-state index contributed by atoms with van der Waals surface area (Å²) in [5, 5.41) is 53.6. The van der Waals surface area contributed by atoms with E-state index in [0.717, 1.165) is 19.3 Å². The van der Waals surface area contributed by atoms with Crippen molar-refractivity contribution < 1.29 is 82.1 Å². The first kappa shape index (κ1) is 98.9. The summed E-state index contributed by atoms with van der Waals surface area (Å²) < 4.78 is 0. The normalized spacial score (nSPS) is 16.9. The van der Waals surface area contributed by atoms with Gasteiger partial charge >= 0.3 is 0 Å². The minimum Gasteiger partial charge on any atom is -0.394 e. The van der Waals surface area contributed by atoms with E-state index in [9.17, 15) is 82.1 Å².